The van der Waals surface area contributed by atoms with Crippen LogP contribution in [-0.2, 0) is 9.59 Å². The van der Waals surface area contributed by atoms with Crippen molar-refractivity contribution in [2.45, 2.75) is 6.04 Å². The quantitative estimate of drug-likeness (QED) is 0.510. The van der Waals surface area contributed by atoms with E-state index in [4.69, 9.17) is 0 Å². The van der Waals surface area contributed by atoms with E-state index in [1.165, 1.54) is 0 Å². The van der Waals surface area contributed by atoms with Gasteiger partial charge in [0.1, 0.15) is 11.8 Å². The van der Waals surface area contributed by atoms with Crippen molar-refractivity contribution in [3.8, 4) is 0 Å². The van der Waals surface area contributed by atoms with Gasteiger partial charge in [-0.1, -0.05) is 0 Å². The zero-order chi connectivity index (χ0) is 8.72. The molecule has 0 radical (unpaired) electrons. The van der Waals surface area contributed by atoms with E-state index in [0.717, 1.165) is 12.2 Å². The number of nitrogens with one attached hydrogen (secondary N) is 1. The van der Waals surface area contributed by atoms with Crippen LogP contribution >= 0.6 is 0 Å². The minimum absolute atomic E-state index is 0.00694. The summed E-state index contributed by atoms with van der Waals surface area (Å²) in [7, 11) is 0. The highest BCUT2D eigenvalue weighted by Crippen LogP contribution is 2.08. The Morgan fingerprint density at radius 2 is 2.00 bits per heavy atom. The zero-order valence-electron chi connectivity index (χ0n) is 5.90. The predicted molar refractivity (Wildman–Crippen MR) is 38.9 cm³/mol. The molecule has 1 N–H and O–H groups in total. The molecule has 5 nitrogen and oxygen atoms in total. The minimum Gasteiger partial charge on any atom is -0.320 e. The third-order valence-electron chi connectivity index (χ3n) is 1.70. The Bertz CT molecular complexity index is 354. The number of ketones is 2. The lowest BCUT2D eigenvalue weighted by Gasteiger charge is -2.10. The van der Waals surface area contributed by atoms with E-state index in [1.54, 1.807) is 0 Å². The normalized spacial score (nSPS) is 26.8. The first-order chi connectivity index (χ1) is 5.68. The molecule has 0 aromatic carbocycles. The SMILES string of the molecule is O=C1N=C2C(=O)C=CC(=O)C2N1. The van der Waals surface area contributed by atoms with Crippen molar-refractivity contribution in [2.24, 2.45) is 4.99 Å². The first-order valence-corrected chi connectivity index (χ1v) is 3.34. The fourth-order valence-electron chi connectivity index (χ4n) is 1.14. The van der Waals surface area contributed by atoms with Crippen molar-refractivity contribution in [2.75, 3.05) is 0 Å². The number of hydrogen-bond donors (Lipinski definition) is 1. The molecule has 0 fully saturated rings. The summed E-state index contributed by atoms with van der Waals surface area (Å²) in [4.78, 5) is 36.1. The maximum atomic E-state index is 11.0. The second kappa shape index (κ2) is 2.10. The number of aliphatic imine (C=N–C) groups is 1. The van der Waals surface area contributed by atoms with Gasteiger partial charge in [-0.3, -0.25) is 9.59 Å². The summed E-state index contributed by atoms with van der Waals surface area (Å²) in [5.74, 6) is -0.683. The van der Waals surface area contributed by atoms with Crippen LogP contribution in [0.4, 0.5) is 4.79 Å². The summed E-state index contributed by atoms with van der Waals surface area (Å²) >= 11 is 0. The standard InChI is InChI=1S/C7H4N2O3/c10-3-1-2-4(11)6-5(3)8-7(12)9-6/h1-2,5H,(H,8,12). The molecule has 2 rings (SSSR count). The summed E-state index contributed by atoms with van der Waals surface area (Å²) in [5, 5.41) is 2.27. The molecule has 1 aliphatic carbocycles. The number of amides is 2. The summed E-state index contributed by atoms with van der Waals surface area (Å²) in [6, 6.07) is -1.46. The molecule has 5 heteroatoms. The Morgan fingerprint density at radius 3 is 2.67 bits per heavy atom. The number of carbonyl (C=O) groups is 3. The van der Waals surface area contributed by atoms with Gasteiger partial charge >= 0.3 is 6.03 Å². The van der Waals surface area contributed by atoms with Gasteiger partial charge in [0.2, 0.25) is 5.78 Å². The molecule has 12 heavy (non-hydrogen) atoms. The van der Waals surface area contributed by atoms with Gasteiger partial charge in [-0.15, -0.1) is 0 Å². The molecule has 2 amide bonds. The van der Waals surface area contributed by atoms with Crippen molar-refractivity contribution >= 4 is 23.3 Å². The topological polar surface area (TPSA) is 75.6 Å². The molecule has 0 spiro atoms. The van der Waals surface area contributed by atoms with E-state index in [2.05, 4.69) is 10.3 Å². The van der Waals surface area contributed by atoms with Crippen LogP contribution in [-0.4, -0.2) is 29.4 Å². The average Bonchev–Trinajstić information content (AvgIpc) is 2.41. The average molecular weight is 164 g/mol. The van der Waals surface area contributed by atoms with Gasteiger partial charge in [0.05, 0.1) is 0 Å². The van der Waals surface area contributed by atoms with E-state index < -0.39 is 12.1 Å². The summed E-state index contributed by atoms with van der Waals surface area (Å²) in [6.07, 6.45) is 2.27. The van der Waals surface area contributed by atoms with E-state index >= 15 is 0 Å². The lowest BCUT2D eigenvalue weighted by atomic mass is 9.98. The van der Waals surface area contributed by atoms with Crippen LogP contribution in [0, 0.1) is 0 Å². The van der Waals surface area contributed by atoms with Crippen molar-refractivity contribution in [3.05, 3.63) is 12.2 Å². The Labute approximate surface area is 67.2 Å². The second-order valence-corrected chi connectivity index (χ2v) is 2.48. The molecule has 1 heterocycles. The molecule has 1 aliphatic heterocycles. The maximum Gasteiger partial charge on any atom is 0.342 e. The van der Waals surface area contributed by atoms with Crippen molar-refractivity contribution < 1.29 is 14.4 Å². The molecule has 0 aromatic heterocycles. The van der Waals surface area contributed by atoms with Gasteiger partial charge < -0.3 is 5.32 Å². The number of allylic oxidation sites excluding steroid dienone is 1. The fraction of sp³-hybridized carbons (Fsp3) is 0.143. The highest BCUT2D eigenvalue weighted by atomic mass is 16.2. The number of nitrogens with zero attached hydrogens (tertiary/aromatic N) is 1. The number of carbonyl (C=O) groups excluding carboxylic acids is 3. The van der Waals surface area contributed by atoms with Gasteiger partial charge in [-0.2, -0.15) is 4.99 Å². The van der Waals surface area contributed by atoms with Gasteiger partial charge in [0, 0.05) is 0 Å². The monoisotopic (exact) mass is 164 g/mol. The highest BCUT2D eigenvalue weighted by Gasteiger charge is 2.36. The molecule has 0 aromatic rings. The van der Waals surface area contributed by atoms with Crippen LogP contribution in [0.15, 0.2) is 17.1 Å². The van der Waals surface area contributed by atoms with Gasteiger partial charge in [0.15, 0.2) is 5.78 Å². The molecule has 2 aliphatic rings. The first kappa shape index (κ1) is 6.90. The van der Waals surface area contributed by atoms with Gasteiger partial charge in [-0.25, -0.2) is 4.79 Å². The summed E-state index contributed by atoms with van der Waals surface area (Å²) < 4.78 is 0. The Kier molecular flexibility index (Phi) is 1.21. The number of fused-ring (bicyclic) bond motifs is 1. The highest BCUT2D eigenvalue weighted by molar-refractivity contribution is 6.54. The maximum absolute atomic E-state index is 11.0. The molecular weight excluding hydrogens is 160 g/mol. The second-order valence-electron chi connectivity index (χ2n) is 2.48. The largest absolute Gasteiger partial charge is 0.342 e. The van der Waals surface area contributed by atoms with Gasteiger partial charge in [0.25, 0.3) is 0 Å². The molecule has 0 bridgehead atoms. The lowest BCUT2D eigenvalue weighted by Crippen LogP contribution is -2.43. The number of rotatable bonds is 0. The van der Waals surface area contributed by atoms with Crippen molar-refractivity contribution in [1.29, 1.82) is 0 Å². The van der Waals surface area contributed by atoms with Crippen molar-refractivity contribution in [1.82, 2.24) is 5.32 Å². The minimum atomic E-state index is -0.838. The third-order valence-corrected chi connectivity index (χ3v) is 1.70. The van der Waals surface area contributed by atoms with E-state index in [0.29, 0.717) is 0 Å². The zero-order valence-corrected chi connectivity index (χ0v) is 5.90. The fourth-order valence-corrected chi connectivity index (χ4v) is 1.14. The van der Waals surface area contributed by atoms with Crippen LogP contribution in [0.25, 0.3) is 0 Å². The summed E-state index contributed by atoms with van der Waals surface area (Å²) in [6.45, 7) is 0. The van der Waals surface area contributed by atoms with Crippen LogP contribution < -0.4 is 5.32 Å². The Morgan fingerprint density at radius 1 is 1.25 bits per heavy atom. The summed E-state index contributed by atoms with van der Waals surface area (Å²) in [5.41, 5.74) is 0.00694. The molecular formula is C7H4N2O3. The van der Waals surface area contributed by atoms with Crippen LogP contribution in [0.5, 0.6) is 0 Å². The van der Waals surface area contributed by atoms with Crippen LogP contribution in [0.2, 0.25) is 0 Å². The molecule has 60 valence electrons. The van der Waals surface area contributed by atoms with Crippen LogP contribution in [0.3, 0.4) is 0 Å². The van der Waals surface area contributed by atoms with E-state index in [9.17, 15) is 14.4 Å². The van der Waals surface area contributed by atoms with Crippen molar-refractivity contribution in [3.63, 3.8) is 0 Å². The Balaban J connectivity index is 2.48. The van der Waals surface area contributed by atoms with Gasteiger partial charge in [-0.05, 0) is 12.2 Å². The molecule has 1 unspecified atom stereocenters. The van der Waals surface area contributed by atoms with Crippen LogP contribution in [0.1, 0.15) is 0 Å². The van der Waals surface area contributed by atoms with E-state index in [1.807, 2.05) is 0 Å². The lowest BCUT2D eigenvalue weighted by molar-refractivity contribution is -0.117. The molecule has 0 saturated carbocycles. The van der Waals surface area contributed by atoms with E-state index in [-0.39, 0.29) is 17.3 Å². The predicted octanol–water partition coefficient (Wildman–Crippen LogP) is -0.773. The number of hydrogen-bond acceptors (Lipinski definition) is 3. The molecule has 0 saturated heterocycles. The third kappa shape index (κ3) is 0.795. The smallest absolute Gasteiger partial charge is 0.320 e. The molecule has 1 atom stereocenters. The number of urea groups is 1. The first-order valence-electron chi connectivity index (χ1n) is 3.34. The Hall–Kier alpha value is -1.78.